The first kappa shape index (κ1) is 24.0. The zero-order valence-corrected chi connectivity index (χ0v) is 19.8. The Hall–Kier alpha value is -3.15. The van der Waals surface area contributed by atoms with Crippen molar-refractivity contribution >= 4 is 17.7 Å². The van der Waals surface area contributed by atoms with E-state index < -0.39 is 6.04 Å². The van der Waals surface area contributed by atoms with Crippen LogP contribution in [-0.2, 0) is 16.0 Å². The first-order valence-corrected chi connectivity index (χ1v) is 12.6. The third-order valence-electron chi connectivity index (χ3n) is 7.09. The van der Waals surface area contributed by atoms with Gasteiger partial charge in [-0.3, -0.25) is 14.4 Å². The summed E-state index contributed by atoms with van der Waals surface area (Å²) in [5.74, 6) is 0.00459. The highest BCUT2D eigenvalue weighted by Crippen LogP contribution is 2.24. The number of nitrogens with zero attached hydrogens (tertiary/aromatic N) is 2. The van der Waals surface area contributed by atoms with Gasteiger partial charge in [-0.25, -0.2) is 0 Å². The lowest BCUT2D eigenvalue weighted by molar-refractivity contribution is -0.137. The van der Waals surface area contributed by atoms with Gasteiger partial charge in [0.15, 0.2) is 0 Å². The van der Waals surface area contributed by atoms with Crippen LogP contribution in [0.4, 0.5) is 0 Å². The molecular formula is C28H35N3O3. The van der Waals surface area contributed by atoms with E-state index in [1.54, 1.807) is 12.1 Å². The summed E-state index contributed by atoms with van der Waals surface area (Å²) < 4.78 is 0. The van der Waals surface area contributed by atoms with Crippen molar-refractivity contribution in [3.05, 3.63) is 71.8 Å². The molecule has 180 valence electrons. The minimum absolute atomic E-state index is 0.0258. The number of hydrogen-bond donors (Lipinski definition) is 1. The lowest BCUT2D eigenvalue weighted by Crippen LogP contribution is -2.55. The zero-order valence-electron chi connectivity index (χ0n) is 19.8. The van der Waals surface area contributed by atoms with Crippen molar-refractivity contribution in [2.75, 3.05) is 26.2 Å². The van der Waals surface area contributed by atoms with E-state index in [-0.39, 0.29) is 23.6 Å². The second kappa shape index (κ2) is 11.8. The Bertz CT molecular complexity index is 949. The Labute approximate surface area is 202 Å². The van der Waals surface area contributed by atoms with Crippen LogP contribution in [0.15, 0.2) is 60.7 Å². The average molecular weight is 462 g/mol. The molecule has 6 heteroatoms. The van der Waals surface area contributed by atoms with Gasteiger partial charge in [-0.15, -0.1) is 0 Å². The second-order valence-electron chi connectivity index (χ2n) is 9.41. The predicted molar refractivity (Wildman–Crippen MR) is 132 cm³/mol. The third kappa shape index (κ3) is 6.25. The highest BCUT2D eigenvalue weighted by molar-refractivity contribution is 5.97. The summed E-state index contributed by atoms with van der Waals surface area (Å²) >= 11 is 0. The van der Waals surface area contributed by atoms with Crippen molar-refractivity contribution in [1.82, 2.24) is 15.1 Å². The molecule has 2 heterocycles. The molecule has 0 spiro atoms. The molecule has 0 saturated carbocycles. The summed E-state index contributed by atoms with van der Waals surface area (Å²) in [6.45, 7) is 2.77. The lowest BCUT2D eigenvalue weighted by Gasteiger charge is -2.38. The number of carbonyl (C=O) groups is 3. The quantitative estimate of drug-likeness (QED) is 0.684. The number of likely N-dealkylation sites (tertiary alicyclic amines) is 2. The van der Waals surface area contributed by atoms with Crippen LogP contribution in [0.25, 0.3) is 0 Å². The van der Waals surface area contributed by atoms with Gasteiger partial charge in [-0.05, 0) is 62.1 Å². The number of rotatable bonds is 7. The molecule has 3 amide bonds. The van der Waals surface area contributed by atoms with E-state index in [2.05, 4.69) is 5.32 Å². The van der Waals surface area contributed by atoms with Gasteiger partial charge in [0, 0.05) is 38.2 Å². The van der Waals surface area contributed by atoms with Crippen LogP contribution < -0.4 is 5.32 Å². The fraction of sp³-hybridized carbons (Fsp3) is 0.464. The normalized spacial score (nSPS) is 17.8. The van der Waals surface area contributed by atoms with Crippen molar-refractivity contribution in [2.45, 2.75) is 51.0 Å². The molecule has 34 heavy (non-hydrogen) atoms. The second-order valence-corrected chi connectivity index (χ2v) is 9.41. The van der Waals surface area contributed by atoms with Crippen LogP contribution >= 0.6 is 0 Å². The van der Waals surface area contributed by atoms with Gasteiger partial charge in [0.2, 0.25) is 11.8 Å². The number of benzene rings is 2. The Morgan fingerprint density at radius 1 is 0.794 bits per heavy atom. The maximum Gasteiger partial charge on any atom is 0.251 e. The molecule has 2 aromatic carbocycles. The van der Waals surface area contributed by atoms with E-state index in [1.807, 2.05) is 58.3 Å². The van der Waals surface area contributed by atoms with Crippen LogP contribution in [0.5, 0.6) is 0 Å². The molecule has 6 nitrogen and oxygen atoms in total. The van der Waals surface area contributed by atoms with E-state index in [9.17, 15) is 14.4 Å². The highest BCUT2D eigenvalue weighted by Gasteiger charge is 2.36. The van der Waals surface area contributed by atoms with Crippen molar-refractivity contribution in [3.8, 4) is 0 Å². The Kier molecular flexibility index (Phi) is 8.34. The molecule has 2 saturated heterocycles. The molecule has 4 rings (SSSR count). The van der Waals surface area contributed by atoms with Crippen LogP contribution in [0, 0.1) is 5.92 Å². The van der Waals surface area contributed by atoms with Gasteiger partial charge in [-0.1, -0.05) is 48.5 Å². The molecule has 1 atom stereocenters. The number of nitrogens with one attached hydrogen (secondary N) is 1. The molecule has 0 unspecified atom stereocenters. The molecule has 0 aromatic heterocycles. The maximum absolute atomic E-state index is 13.5. The summed E-state index contributed by atoms with van der Waals surface area (Å²) in [7, 11) is 0. The summed E-state index contributed by atoms with van der Waals surface area (Å²) in [6, 6.07) is 18.6. The molecule has 2 fully saturated rings. The molecule has 0 radical (unpaired) electrons. The van der Waals surface area contributed by atoms with Crippen LogP contribution in [-0.4, -0.2) is 59.7 Å². The molecule has 2 aromatic rings. The Morgan fingerprint density at radius 2 is 1.41 bits per heavy atom. The molecule has 0 aliphatic carbocycles. The standard InChI is InChI=1S/C28H35N3O3/c32-25(15-14-22-10-4-1-5-11-22)30-20-16-23(17-21-30)26(28(34)31-18-8-3-9-19-31)29-27(33)24-12-6-2-7-13-24/h1-2,4-7,10-13,23,26H,3,8-9,14-21H2,(H,29,33)/t26-/m1/s1. The van der Waals surface area contributed by atoms with E-state index in [4.69, 9.17) is 0 Å². The number of piperidine rings is 2. The van der Waals surface area contributed by atoms with E-state index >= 15 is 0 Å². The first-order chi connectivity index (χ1) is 16.6. The van der Waals surface area contributed by atoms with Crippen molar-refractivity contribution in [3.63, 3.8) is 0 Å². The lowest BCUT2D eigenvalue weighted by atomic mass is 9.87. The van der Waals surface area contributed by atoms with Gasteiger partial charge < -0.3 is 15.1 Å². The topological polar surface area (TPSA) is 69.7 Å². The van der Waals surface area contributed by atoms with Crippen molar-refractivity contribution in [1.29, 1.82) is 0 Å². The first-order valence-electron chi connectivity index (χ1n) is 12.6. The fourth-order valence-electron chi connectivity index (χ4n) is 5.04. The van der Waals surface area contributed by atoms with Crippen LogP contribution in [0.2, 0.25) is 0 Å². The zero-order chi connectivity index (χ0) is 23.8. The molecular weight excluding hydrogens is 426 g/mol. The largest absolute Gasteiger partial charge is 0.343 e. The van der Waals surface area contributed by atoms with Crippen LogP contribution in [0.1, 0.15) is 54.4 Å². The van der Waals surface area contributed by atoms with Gasteiger partial charge >= 0.3 is 0 Å². The number of hydrogen-bond acceptors (Lipinski definition) is 3. The molecule has 0 bridgehead atoms. The summed E-state index contributed by atoms with van der Waals surface area (Å²) in [5, 5.41) is 3.06. The molecule has 1 N–H and O–H groups in total. The average Bonchev–Trinajstić information content (AvgIpc) is 2.91. The highest BCUT2D eigenvalue weighted by atomic mass is 16.2. The monoisotopic (exact) mass is 461 g/mol. The third-order valence-corrected chi connectivity index (χ3v) is 7.09. The Morgan fingerprint density at radius 3 is 2.06 bits per heavy atom. The van der Waals surface area contributed by atoms with Gasteiger partial charge in [0.1, 0.15) is 6.04 Å². The molecule has 2 aliphatic rings. The van der Waals surface area contributed by atoms with Crippen LogP contribution in [0.3, 0.4) is 0 Å². The van der Waals surface area contributed by atoms with E-state index in [0.717, 1.165) is 51.6 Å². The van der Waals surface area contributed by atoms with Crippen molar-refractivity contribution in [2.24, 2.45) is 5.92 Å². The maximum atomic E-state index is 13.5. The summed E-state index contributed by atoms with van der Waals surface area (Å²) in [5.41, 5.74) is 1.73. The number of amides is 3. The fourth-order valence-corrected chi connectivity index (χ4v) is 5.04. The van der Waals surface area contributed by atoms with E-state index in [0.29, 0.717) is 25.1 Å². The van der Waals surface area contributed by atoms with E-state index in [1.165, 1.54) is 5.56 Å². The molecule has 2 aliphatic heterocycles. The smallest absolute Gasteiger partial charge is 0.251 e. The summed E-state index contributed by atoms with van der Waals surface area (Å²) in [6.07, 6.45) is 5.85. The Balaban J connectivity index is 1.37. The predicted octanol–water partition coefficient (Wildman–Crippen LogP) is 3.67. The van der Waals surface area contributed by atoms with Crippen molar-refractivity contribution < 1.29 is 14.4 Å². The minimum atomic E-state index is -0.549. The van der Waals surface area contributed by atoms with Gasteiger partial charge in [0.25, 0.3) is 5.91 Å². The minimum Gasteiger partial charge on any atom is -0.343 e. The number of aryl methyl sites for hydroxylation is 1. The number of carbonyl (C=O) groups excluding carboxylic acids is 3. The SMILES string of the molecule is O=C(N[C@@H](C(=O)N1CCCCC1)C1CCN(C(=O)CCc2ccccc2)CC1)c1ccccc1. The van der Waals surface area contributed by atoms with Gasteiger partial charge in [0.05, 0.1) is 0 Å². The summed E-state index contributed by atoms with van der Waals surface area (Å²) in [4.78, 5) is 43.0. The van der Waals surface area contributed by atoms with Gasteiger partial charge in [-0.2, -0.15) is 0 Å².